The van der Waals surface area contributed by atoms with Crippen LogP contribution in [0.25, 0.3) is 0 Å². The van der Waals surface area contributed by atoms with Gasteiger partial charge in [-0.05, 0) is 12.8 Å². The molecule has 0 atom stereocenters. The van der Waals surface area contributed by atoms with Crippen molar-refractivity contribution in [3.8, 4) is 6.07 Å². The van der Waals surface area contributed by atoms with E-state index in [4.69, 9.17) is 5.26 Å². The Labute approximate surface area is 98.6 Å². The number of hydrogen-bond donors (Lipinski definition) is 2. The summed E-state index contributed by atoms with van der Waals surface area (Å²) < 4.78 is 1.81. The van der Waals surface area contributed by atoms with Crippen molar-refractivity contribution < 1.29 is 4.79 Å². The number of carbonyl (C=O) groups is 1. The number of nitrogens with zero attached hydrogens (tertiary/aromatic N) is 3. The van der Waals surface area contributed by atoms with Crippen molar-refractivity contribution in [3.05, 3.63) is 12.3 Å². The van der Waals surface area contributed by atoms with Crippen molar-refractivity contribution in [3.63, 3.8) is 0 Å². The van der Waals surface area contributed by atoms with Crippen molar-refractivity contribution >= 4 is 11.7 Å². The molecule has 0 radical (unpaired) electrons. The van der Waals surface area contributed by atoms with Crippen LogP contribution in [-0.4, -0.2) is 28.8 Å². The first-order chi connectivity index (χ1) is 8.25. The zero-order chi connectivity index (χ0) is 11.9. The highest BCUT2D eigenvalue weighted by molar-refractivity contribution is 5.98. The van der Waals surface area contributed by atoms with Gasteiger partial charge in [0, 0.05) is 19.2 Å². The Bertz CT molecular complexity index is 492. The molecule has 0 spiro atoms. The van der Waals surface area contributed by atoms with E-state index >= 15 is 0 Å². The standard InChI is InChI=1S/C11H13N5O/c12-7-11(2-3-11)10(17)15-9-1-4-14-16(9)8-5-13-6-8/h1,4,8,13H,2-3,5-6H2,(H,15,17). The summed E-state index contributed by atoms with van der Waals surface area (Å²) in [7, 11) is 0. The lowest BCUT2D eigenvalue weighted by Crippen LogP contribution is -2.44. The molecule has 1 saturated carbocycles. The summed E-state index contributed by atoms with van der Waals surface area (Å²) in [5.41, 5.74) is -0.785. The van der Waals surface area contributed by atoms with E-state index in [0.29, 0.717) is 24.7 Å². The van der Waals surface area contributed by atoms with Gasteiger partial charge in [-0.2, -0.15) is 10.4 Å². The first kappa shape index (κ1) is 10.3. The van der Waals surface area contributed by atoms with E-state index in [1.54, 1.807) is 12.3 Å². The van der Waals surface area contributed by atoms with E-state index in [9.17, 15) is 4.79 Å². The quantitative estimate of drug-likeness (QED) is 0.782. The summed E-state index contributed by atoms with van der Waals surface area (Å²) in [6.07, 6.45) is 2.99. The summed E-state index contributed by atoms with van der Waals surface area (Å²) >= 11 is 0. The molecular formula is C11H13N5O. The number of rotatable bonds is 3. The zero-order valence-corrected chi connectivity index (χ0v) is 9.31. The van der Waals surface area contributed by atoms with Crippen molar-refractivity contribution in [2.45, 2.75) is 18.9 Å². The lowest BCUT2D eigenvalue weighted by molar-refractivity contribution is -0.119. The van der Waals surface area contributed by atoms with Gasteiger partial charge in [0.1, 0.15) is 11.2 Å². The third-order valence-corrected chi connectivity index (χ3v) is 3.42. The molecule has 1 aromatic rings. The topological polar surface area (TPSA) is 82.7 Å². The Kier molecular flexibility index (Phi) is 2.16. The third-order valence-electron chi connectivity index (χ3n) is 3.42. The van der Waals surface area contributed by atoms with Crippen LogP contribution < -0.4 is 10.6 Å². The Morgan fingerprint density at radius 1 is 1.65 bits per heavy atom. The van der Waals surface area contributed by atoms with Crippen LogP contribution in [0.3, 0.4) is 0 Å². The normalized spacial score (nSPS) is 21.4. The van der Waals surface area contributed by atoms with Crippen molar-refractivity contribution in [2.75, 3.05) is 18.4 Å². The van der Waals surface area contributed by atoms with Gasteiger partial charge in [-0.25, -0.2) is 4.68 Å². The first-order valence-electron chi connectivity index (χ1n) is 5.72. The van der Waals surface area contributed by atoms with Crippen molar-refractivity contribution in [1.29, 1.82) is 5.26 Å². The number of aromatic nitrogens is 2. The van der Waals surface area contributed by atoms with Gasteiger partial charge in [-0.1, -0.05) is 0 Å². The fourth-order valence-corrected chi connectivity index (χ4v) is 1.90. The van der Waals surface area contributed by atoms with Crippen LogP contribution >= 0.6 is 0 Å². The predicted molar refractivity (Wildman–Crippen MR) is 60.0 cm³/mol. The second kappa shape index (κ2) is 3.57. The third kappa shape index (κ3) is 1.59. The van der Waals surface area contributed by atoms with Crippen LogP contribution in [0.2, 0.25) is 0 Å². The molecule has 2 N–H and O–H groups in total. The molecule has 2 heterocycles. The number of amides is 1. The molecule has 0 unspecified atom stereocenters. The molecule has 3 rings (SSSR count). The summed E-state index contributed by atoms with van der Waals surface area (Å²) in [6.45, 7) is 1.74. The largest absolute Gasteiger partial charge is 0.312 e. The zero-order valence-electron chi connectivity index (χ0n) is 9.31. The van der Waals surface area contributed by atoms with E-state index in [0.717, 1.165) is 13.1 Å². The predicted octanol–water partition coefficient (Wildman–Crippen LogP) is 0.270. The summed E-state index contributed by atoms with van der Waals surface area (Å²) in [5, 5.41) is 19.1. The van der Waals surface area contributed by atoms with Gasteiger partial charge in [0.05, 0.1) is 18.3 Å². The van der Waals surface area contributed by atoms with E-state index in [2.05, 4.69) is 21.8 Å². The molecule has 6 heteroatoms. The highest BCUT2D eigenvalue weighted by atomic mass is 16.2. The minimum absolute atomic E-state index is 0.200. The molecule has 1 aromatic heterocycles. The maximum Gasteiger partial charge on any atom is 0.245 e. The first-order valence-corrected chi connectivity index (χ1v) is 5.72. The van der Waals surface area contributed by atoms with Crippen LogP contribution in [0, 0.1) is 16.7 Å². The smallest absolute Gasteiger partial charge is 0.245 e. The second-order valence-corrected chi connectivity index (χ2v) is 4.62. The Morgan fingerprint density at radius 3 is 2.94 bits per heavy atom. The highest BCUT2D eigenvalue weighted by Crippen LogP contribution is 2.45. The van der Waals surface area contributed by atoms with E-state index in [-0.39, 0.29) is 5.91 Å². The Morgan fingerprint density at radius 2 is 2.41 bits per heavy atom. The van der Waals surface area contributed by atoms with Crippen molar-refractivity contribution in [2.24, 2.45) is 5.41 Å². The number of carbonyl (C=O) groups excluding carboxylic acids is 1. The maximum atomic E-state index is 11.9. The monoisotopic (exact) mass is 231 g/mol. The summed E-state index contributed by atoms with van der Waals surface area (Å²) in [4.78, 5) is 11.9. The molecule has 17 heavy (non-hydrogen) atoms. The highest BCUT2D eigenvalue weighted by Gasteiger charge is 2.51. The lowest BCUT2D eigenvalue weighted by atomic mass is 10.1. The average molecular weight is 231 g/mol. The molecular weight excluding hydrogens is 218 g/mol. The molecule has 88 valence electrons. The fraction of sp³-hybridized carbons (Fsp3) is 0.545. The Balaban J connectivity index is 1.75. The SMILES string of the molecule is N#CC1(C(=O)Nc2ccnn2C2CNC2)CC1. The van der Waals surface area contributed by atoms with E-state index in [1.165, 1.54) is 0 Å². The van der Waals surface area contributed by atoms with E-state index < -0.39 is 5.41 Å². The second-order valence-electron chi connectivity index (χ2n) is 4.62. The van der Waals surface area contributed by atoms with Gasteiger partial charge in [-0.15, -0.1) is 0 Å². The molecule has 6 nitrogen and oxygen atoms in total. The van der Waals surface area contributed by atoms with Gasteiger partial charge >= 0.3 is 0 Å². The van der Waals surface area contributed by atoms with Gasteiger partial charge in [0.15, 0.2) is 0 Å². The summed E-state index contributed by atoms with van der Waals surface area (Å²) in [5.74, 6) is 0.483. The molecule has 1 saturated heterocycles. The number of nitriles is 1. The Hall–Kier alpha value is -1.87. The molecule has 2 fully saturated rings. The van der Waals surface area contributed by atoms with Gasteiger partial charge < -0.3 is 10.6 Å². The van der Waals surface area contributed by atoms with Crippen LogP contribution in [0.4, 0.5) is 5.82 Å². The fourth-order valence-electron chi connectivity index (χ4n) is 1.90. The maximum absolute atomic E-state index is 11.9. The van der Waals surface area contributed by atoms with Crippen LogP contribution in [0.15, 0.2) is 12.3 Å². The molecule has 0 aromatic carbocycles. The minimum atomic E-state index is -0.785. The van der Waals surface area contributed by atoms with Crippen LogP contribution in [0.1, 0.15) is 18.9 Å². The molecule has 1 aliphatic carbocycles. The van der Waals surface area contributed by atoms with Gasteiger partial charge in [-0.3, -0.25) is 4.79 Å². The van der Waals surface area contributed by atoms with Gasteiger partial charge in [0.25, 0.3) is 0 Å². The molecule has 1 amide bonds. The number of nitrogens with one attached hydrogen (secondary N) is 2. The van der Waals surface area contributed by atoms with Crippen molar-refractivity contribution in [1.82, 2.24) is 15.1 Å². The average Bonchev–Trinajstić information content (AvgIpc) is 2.95. The summed E-state index contributed by atoms with van der Waals surface area (Å²) in [6, 6.07) is 4.16. The van der Waals surface area contributed by atoms with E-state index in [1.807, 2.05) is 4.68 Å². The molecule has 1 aliphatic heterocycles. The van der Waals surface area contributed by atoms with Crippen LogP contribution in [-0.2, 0) is 4.79 Å². The lowest BCUT2D eigenvalue weighted by Gasteiger charge is -2.28. The van der Waals surface area contributed by atoms with Gasteiger partial charge in [0.2, 0.25) is 5.91 Å². The molecule has 2 aliphatic rings. The minimum Gasteiger partial charge on any atom is -0.312 e. The van der Waals surface area contributed by atoms with Crippen LogP contribution in [0.5, 0.6) is 0 Å². The molecule has 0 bridgehead atoms. The number of hydrogen-bond acceptors (Lipinski definition) is 4. The number of anilines is 1.